The van der Waals surface area contributed by atoms with Crippen molar-refractivity contribution in [2.75, 3.05) is 40.6 Å². The minimum atomic E-state index is -0.390. The van der Waals surface area contributed by atoms with Crippen molar-refractivity contribution in [2.45, 2.75) is 58.0 Å². The summed E-state index contributed by atoms with van der Waals surface area (Å²) in [5, 5.41) is 8.80. The van der Waals surface area contributed by atoms with Gasteiger partial charge in [-0.1, -0.05) is 121 Å². The van der Waals surface area contributed by atoms with Crippen LogP contribution in [0.15, 0.2) is 128 Å². The number of aliphatic hydroxyl groups is 1. The van der Waals surface area contributed by atoms with Crippen LogP contribution in [-0.2, 0) is 28.5 Å². The average Bonchev–Trinajstić information content (AvgIpc) is 3.13. The summed E-state index contributed by atoms with van der Waals surface area (Å²) in [5.41, 5.74) is 5.40. The van der Waals surface area contributed by atoms with Crippen molar-refractivity contribution in [1.29, 1.82) is 0 Å². The van der Waals surface area contributed by atoms with E-state index in [1.807, 2.05) is 124 Å². The summed E-state index contributed by atoms with van der Waals surface area (Å²) in [6.45, 7) is 9.66. The van der Waals surface area contributed by atoms with Crippen molar-refractivity contribution >= 4 is 11.9 Å². The van der Waals surface area contributed by atoms with Gasteiger partial charge in [0.05, 0.1) is 56.9 Å². The van der Waals surface area contributed by atoms with E-state index in [1.165, 1.54) is 0 Å². The SMILES string of the molecule is COCC(C)OCC(C)O.COCC(C)OCC(C)OC=C(c1ccccc1)c1ccccc1.O=CC(c1ccccc1)c1ccccc1. The molecule has 1 N–H and O–H groups in total. The van der Waals surface area contributed by atoms with Gasteiger partial charge in [0.25, 0.3) is 0 Å². The molecule has 7 heteroatoms. The summed E-state index contributed by atoms with van der Waals surface area (Å²) >= 11 is 0. The highest BCUT2D eigenvalue weighted by atomic mass is 16.6. The molecule has 0 bridgehead atoms. The van der Waals surface area contributed by atoms with E-state index in [2.05, 4.69) is 24.3 Å². The van der Waals surface area contributed by atoms with E-state index in [-0.39, 0.29) is 30.3 Å². The third kappa shape index (κ3) is 17.2. The molecule has 7 nitrogen and oxygen atoms in total. The van der Waals surface area contributed by atoms with Crippen LogP contribution in [0, 0.1) is 0 Å². The van der Waals surface area contributed by atoms with E-state index < -0.39 is 0 Å². The molecule has 0 saturated carbocycles. The molecule has 0 amide bonds. The molecule has 0 aliphatic rings. The van der Waals surface area contributed by atoms with Crippen molar-refractivity contribution in [2.24, 2.45) is 0 Å². The van der Waals surface area contributed by atoms with Crippen LogP contribution in [0.3, 0.4) is 0 Å². The first-order chi connectivity index (χ1) is 23.8. The molecule has 264 valence electrons. The smallest absolute Gasteiger partial charge is 0.131 e. The molecule has 4 rings (SSSR count). The lowest BCUT2D eigenvalue weighted by Gasteiger charge is -2.17. The number of aldehydes is 1. The lowest BCUT2D eigenvalue weighted by Crippen LogP contribution is -2.22. The van der Waals surface area contributed by atoms with Gasteiger partial charge in [-0.3, -0.25) is 0 Å². The topological polar surface area (TPSA) is 83.5 Å². The molecule has 0 saturated heterocycles. The van der Waals surface area contributed by atoms with Gasteiger partial charge in [0, 0.05) is 19.8 Å². The summed E-state index contributed by atoms with van der Waals surface area (Å²) < 4.78 is 26.7. The van der Waals surface area contributed by atoms with Crippen LogP contribution in [0.4, 0.5) is 0 Å². The molecule has 4 atom stereocenters. The maximum atomic E-state index is 11.1. The van der Waals surface area contributed by atoms with Gasteiger partial charge in [-0.2, -0.15) is 0 Å². The largest absolute Gasteiger partial charge is 0.495 e. The Kier molecular flexibility index (Phi) is 20.9. The highest BCUT2D eigenvalue weighted by Crippen LogP contribution is 2.24. The van der Waals surface area contributed by atoms with Gasteiger partial charge in [0.2, 0.25) is 0 Å². The standard InChI is InChI=1S/C21H26O3.C14H12O.C7H16O3/c1-17(14-22-3)23-15-18(2)24-16-21(19-10-6-4-7-11-19)20-12-8-5-9-13-20;15-11-14(12-7-3-1-4-8-12)13-9-5-2-6-10-13;1-6(8)4-10-7(2)5-9-3/h4-13,16-18H,14-15H2,1-3H3;1-11,14H;6-8H,4-5H2,1-3H3. The van der Waals surface area contributed by atoms with Crippen LogP contribution in [0.5, 0.6) is 0 Å². The number of hydrogen-bond donors (Lipinski definition) is 1. The Hall–Kier alpha value is -4.11. The van der Waals surface area contributed by atoms with Crippen LogP contribution in [0.2, 0.25) is 0 Å². The zero-order chi connectivity index (χ0) is 35.7. The Morgan fingerprint density at radius 1 is 0.571 bits per heavy atom. The fourth-order valence-electron chi connectivity index (χ4n) is 4.60. The van der Waals surface area contributed by atoms with Crippen LogP contribution in [-0.4, -0.2) is 76.5 Å². The summed E-state index contributed by atoms with van der Waals surface area (Å²) in [4.78, 5) is 11.1. The predicted octanol–water partition coefficient (Wildman–Crippen LogP) is 7.97. The minimum absolute atomic E-state index is 0.0354. The van der Waals surface area contributed by atoms with E-state index in [0.717, 1.165) is 34.1 Å². The average molecular weight is 671 g/mol. The number of benzene rings is 4. The molecule has 0 spiro atoms. The van der Waals surface area contributed by atoms with Crippen LogP contribution in [0.1, 0.15) is 55.9 Å². The first-order valence-electron chi connectivity index (χ1n) is 16.7. The molecule has 0 heterocycles. The quantitative estimate of drug-likeness (QED) is 0.0901. The van der Waals surface area contributed by atoms with E-state index in [0.29, 0.717) is 26.4 Å². The highest BCUT2D eigenvalue weighted by Gasteiger charge is 2.12. The molecule has 0 fully saturated rings. The number of rotatable bonds is 17. The molecule has 0 aliphatic carbocycles. The Balaban J connectivity index is 0.000000284. The Bertz CT molecular complexity index is 1320. The molecule has 49 heavy (non-hydrogen) atoms. The summed E-state index contributed by atoms with van der Waals surface area (Å²) in [6.07, 6.45) is 2.53. The Labute approximate surface area is 293 Å². The first kappa shape index (κ1) is 41.1. The fourth-order valence-corrected chi connectivity index (χ4v) is 4.60. The second kappa shape index (κ2) is 24.9. The summed E-state index contributed by atoms with van der Waals surface area (Å²) in [5.74, 6) is -0.146. The van der Waals surface area contributed by atoms with Crippen molar-refractivity contribution in [3.05, 3.63) is 150 Å². The van der Waals surface area contributed by atoms with Crippen molar-refractivity contribution < 1.29 is 33.6 Å². The van der Waals surface area contributed by atoms with Crippen LogP contribution >= 0.6 is 0 Å². The molecule has 0 aliphatic heterocycles. The van der Waals surface area contributed by atoms with E-state index in [4.69, 9.17) is 28.8 Å². The molecule has 4 aromatic carbocycles. The van der Waals surface area contributed by atoms with Crippen LogP contribution in [0.25, 0.3) is 5.57 Å². The van der Waals surface area contributed by atoms with Gasteiger partial charge in [-0.05, 0) is 49.9 Å². The zero-order valence-corrected chi connectivity index (χ0v) is 29.8. The van der Waals surface area contributed by atoms with E-state index in [1.54, 1.807) is 21.1 Å². The van der Waals surface area contributed by atoms with Gasteiger partial charge >= 0.3 is 0 Å². The first-order valence-corrected chi connectivity index (χ1v) is 16.7. The normalized spacial score (nSPS) is 13.0. The number of ether oxygens (including phenoxy) is 5. The molecule has 4 aromatic rings. The second-order valence-electron chi connectivity index (χ2n) is 11.7. The van der Waals surface area contributed by atoms with E-state index >= 15 is 0 Å². The second-order valence-corrected chi connectivity index (χ2v) is 11.7. The molecule has 4 unspecified atom stereocenters. The van der Waals surface area contributed by atoms with Gasteiger partial charge in [0.1, 0.15) is 12.4 Å². The number of aliphatic hydroxyl groups excluding tert-OH is 1. The number of methoxy groups -OCH3 is 2. The van der Waals surface area contributed by atoms with Gasteiger partial charge in [-0.25, -0.2) is 0 Å². The third-order valence-corrected chi connectivity index (χ3v) is 7.08. The molecular weight excluding hydrogens is 616 g/mol. The number of carbonyl (C=O) groups is 1. The van der Waals surface area contributed by atoms with Crippen molar-refractivity contribution in [1.82, 2.24) is 0 Å². The summed E-state index contributed by atoms with van der Waals surface area (Å²) in [7, 11) is 3.30. The zero-order valence-electron chi connectivity index (χ0n) is 29.8. The maximum Gasteiger partial charge on any atom is 0.131 e. The minimum Gasteiger partial charge on any atom is -0.495 e. The number of hydrogen-bond acceptors (Lipinski definition) is 7. The number of carbonyl (C=O) groups excluding carboxylic acids is 1. The van der Waals surface area contributed by atoms with E-state index in [9.17, 15) is 4.79 Å². The molecule has 0 aromatic heterocycles. The van der Waals surface area contributed by atoms with Gasteiger partial charge in [-0.15, -0.1) is 0 Å². The van der Waals surface area contributed by atoms with Gasteiger partial charge in [0.15, 0.2) is 0 Å². The van der Waals surface area contributed by atoms with Crippen LogP contribution < -0.4 is 0 Å². The maximum absolute atomic E-state index is 11.1. The lowest BCUT2D eigenvalue weighted by molar-refractivity contribution is -0.108. The molecule has 0 radical (unpaired) electrons. The Morgan fingerprint density at radius 3 is 1.33 bits per heavy atom. The predicted molar refractivity (Wildman–Crippen MR) is 198 cm³/mol. The third-order valence-electron chi connectivity index (χ3n) is 7.08. The Morgan fingerprint density at radius 2 is 0.959 bits per heavy atom. The van der Waals surface area contributed by atoms with Crippen molar-refractivity contribution in [3.8, 4) is 0 Å². The fraction of sp³-hybridized carbons (Fsp3) is 0.357. The molecular formula is C42H54O7. The summed E-state index contributed by atoms with van der Waals surface area (Å²) in [6, 6.07) is 40.1. The van der Waals surface area contributed by atoms with Crippen molar-refractivity contribution in [3.63, 3.8) is 0 Å². The monoisotopic (exact) mass is 670 g/mol. The lowest BCUT2D eigenvalue weighted by atomic mass is 9.93. The highest BCUT2D eigenvalue weighted by molar-refractivity contribution is 5.79. The van der Waals surface area contributed by atoms with Gasteiger partial charge < -0.3 is 33.6 Å².